The highest BCUT2D eigenvalue weighted by Gasteiger charge is 2.23. The molecule has 135 valence electrons. The van der Waals surface area contributed by atoms with E-state index in [1.165, 1.54) is 67.0 Å². The summed E-state index contributed by atoms with van der Waals surface area (Å²) in [7, 11) is 0. The third-order valence-corrected chi connectivity index (χ3v) is 6.66. The zero-order valence-electron chi connectivity index (χ0n) is 18.0. The van der Waals surface area contributed by atoms with Crippen LogP contribution in [0.15, 0.2) is 0 Å². The first-order chi connectivity index (χ1) is 11.6. The molecule has 0 saturated carbocycles. The third kappa shape index (κ3) is 2.88. The van der Waals surface area contributed by atoms with Crippen molar-refractivity contribution in [1.29, 1.82) is 0 Å². The van der Waals surface area contributed by atoms with Crippen LogP contribution in [0, 0.1) is 75.8 Å². The number of anilines is 2. The second-order valence-electron chi connectivity index (χ2n) is 7.58. The molecule has 0 spiro atoms. The van der Waals surface area contributed by atoms with Gasteiger partial charge in [0, 0.05) is 11.4 Å². The number of hydrogen-bond donors (Lipinski definition) is 0. The van der Waals surface area contributed by atoms with Gasteiger partial charge < -0.3 is 4.90 Å². The average Bonchev–Trinajstić information content (AvgIpc) is 2.60. The lowest BCUT2D eigenvalue weighted by Gasteiger charge is -2.33. The van der Waals surface area contributed by atoms with Gasteiger partial charge in [-0.2, -0.15) is 0 Å². The Labute approximate surface area is 155 Å². The fourth-order valence-corrected chi connectivity index (χ4v) is 4.05. The molecule has 0 amide bonds. The van der Waals surface area contributed by atoms with Crippen molar-refractivity contribution in [2.45, 2.75) is 76.2 Å². The Morgan fingerprint density at radius 2 is 0.600 bits per heavy atom. The van der Waals surface area contributed by atoms with Gasteiger partial charge in [-0.15, -0.1) is 0 Å². The molecule has 1 heteroatoms. The van der Waals surface area contributed by atoms with Crippen LogP contribution in [0.1, 0.15) is 62.6 Å². The maximum absolute atomic E-state index is 2.42. The van der Waals surface area contributed by atoms with E-state index >= 15 is 0 Å². The lowest BCUT2D eigenvalue weighted by atomic mass is 9.89. The van der Waals surface area contributed by atoms with Crippen molar-refractivity contribution in [2.75, 3.05) is 4.90 Å². The number of nitrogens with zero attached hydrogens (tertiary/aromatic N) is 1. The van der Waals surface area contributed by atoms with Crippen molar-refractivity contribution in [3.63, 3.8) is 0 Å². The van der Waals surface area contributed by atoms with Crippen LogP contribution in [-0.4, -0.2) is 0 Å². The molecule has 0 saturated heterocycles. The molecule has 2 rings (SSSR count). The topological polar surface area (TPSA) is 3.24 Å². The summed E-state index contributed by atoms with van der Waals surface area (Å²) in [4.78, 5) is 2.42. The second-order valence-corrected chi connectivity index (χ2v) is 7.58. The lowest BCUT2D eigenvalue weighted by molar-refractivity contribution is 1.05. The van der Waals surface area contributed by atoms with E-state index in [2.05, 4.69) is 87.6 Å². The van der Waals surface area contributed by atoms with Crippen LogP contribution in [-0.2, 0) is 0 Å². The molecule has 2 aromatic rings. The van der Waals surface area contributed by atoms with E-state index in [4.69, 9.17) is 0 Å². The predicted octanol–water partition coefficient (Wildman–Crippen LogP) is 7.09. The smallest absolute Gasteiger partial charge is 0.0519 e. The summed E-state index contributed by atoms with van der Waals surface area (Å²) in [5.74, 6) is 0. The minimum Gasteiger partial charge on any atom is -0.336 e. The van der Waals surface area contributed by atoms with E-state index in [0.717, 1.165) is 0 Å². The van der Waals surface area contributed by atoms with Crippen LogP contribution in [0.2, 0.25) is 0 Å². The van der Waals surface area contributed by atoms with Crippen molar-refractivity contribution >= 4 is 11.4 Å². The van der Waals surface area contributed by atoms with Crippen LogP contribution in [0.3, 0.4) is 0 Å². The molecule has 0 fully saturated rings. The normalized spacial score (nSPS) is 11.2. The average molecular weight is 337 g/mol. The van der Waals surface area contributed by atoms with E-state index in [-0.39, 0.29) is 0 Å². The number of hydrogen-bond acceptors (Lipinski definition) is 1. The summed E-state index contributed by atoms with van der Waals surface area (Å²) in [5, 5.41) is 0. The van der Waals surface area contributed by atoms with Crippen molar-refractivity contribution in [2.24, 2.45) is 0 Å². The van der Waals surface area contributed by atoms with E-state index in [1.54, 1.807) is 0 Å². The highest BCUT2D eigenvalue weighted by atomic mass is 15.1. The lowest BCUT2D eigenvalue weighted by Crippen LogP contribution is -2.19. The third-order valence-electron chi connectivity index (χ3n) is 6.66. The molecule has 0 aliphatic carbocycles. The number of benzene rings is 2. The molecule has 0 heterocycles. The highest BCUT2D eigenvalue weighted by molar-refractivity contribution is 5.79. The Balaban J connectivity index is 2.90. The van der Waals surface area contributed by atoms with E-state index in [1.807, 2.05) is 0 Å². The van der Waals surface area contributed by atoms with Crippen molar-refractivity contribution in [1.82, 2.24) is 0 Å². The summed E-state index contributed by atoms with van der Waals surface area (Å²) in [5.41, 5.74) is 16.7. The standard InChI is InChI=1S/C24H34N/c1-12-25(23-19(8)15(4)13(2)16(5)20(23)9)24-21(10)17(6)14(3)18(7)22(24)11/h12H,1-11H3. The van der Waals surface area contributed by atoms with Gasteiger partial charge >= 0.3 is 0 Å². The number of rotatable bonds is 3. The van der Waals surface area contributed by atoms with Gasteiger partial charge in [-0.1, -0.05) is 0 Å². The molecule has 1 nitrogen and oxygen atoms in total. The SMILES string of the molecule is C[CH]N(c1c(C)c(C)c(C)c(C)c1C)c1c(C)c(C)c(C)c(C)c1C. The summed E-state index contributed by atoms with van der Waals surface area (Å²) >= 11 is 0. The highest BCUT2D eigenvalue weighted by Crippen LogP contribution is 2.42. The van der Waals surface area contributed by atoms with Crippen LogP contribution in [0.25, 0.3) is 0 Å². The molecule has 2 aromatic carbocycles. The Hall–Kier alpha value is -1.76. The molecule has 0 bridgehead atoms. The molecular weight excluding hydrogens is 302 g/mol. The Morgan fingerprint density at radius 1 is 0.400 bits per heavy atom. The minimum atomic E-state index is 1.34. The van der Waals surface area contributed by atoms with Crippen LogP contribution in [0.5, 0.6) is 0 Å². The molecule has 0 aromatic heterocycles. The second kappa shape index (κ2) is 6.86. The van der Waals surface area contributed by atoms with Gasteiger partial charge in [-0.25, -0.2) is 0 Å². The molecule has 0 aliphatic heterocycles. The largest absolute Gasteiger partial charge is 0.336 e. The molecule has 0 aliphatic rings. The Bertz CT molecular complexity index is 713. The summed E-state index contributed by atoms with van der Waals surface area (Å²) < 4.78 is 0. The zero-order valence-corrected chi connectivity index (χ0v) is 18.0. The van der Waals surface area contributed by atoms with Crippen LogP contribution in [0.4, 0.5) is 11.4 Å². The van der Waals surface area contributed by atoms with Gasteiger partial charge in [0.2, 0.25) is 0 Å². The van der Waals surface area contributed by atoms with Crippen molar-refractivity contribution < 1.29 is 0 Å². The van der Waals surface area contributed by atoms with Crippen LogP contribution >= 0.6 is 0 Å². The van der Waals surface area contributed by atoms with Crippen LogP contribution < -0.4 is 4.90 Å². The van der Waals surface area contributed by atoms with Gasteiger partial charge in [0.15, 0.2) is 0 Å². The van der Waals surface area contributed by atoms with E-state index in [9.17, 15) is 0 Å². The predicted molar refractivity (Wildman–Crippen MR) is 112 cm³/mol. The maximum atomic E-state index is 2.42. The molecule has 0 atom stereocenters. The summed E-state index contributed by atoms with van der Waals surface area (Å²) in [6.07, 6.45) is 0. The fourth-order valence-electron chi connectivity index (χ4n) is 4.05. The van der Waals surface area contributed by atoms with E-state index in [0.29, 0.717) is 0 Å². The molecule has 0 N–H and O–H groups in total. The molecule has 1 radical (unpaired) electrons. The van der Waals surface area contributed by atoms with Crippen molar-refractivity contribution in [3.05, 3.63) is 62.2 Å². The maximum Gasteiger partial charge on any atom is 0.0519 e. The molecule has 25 heavy (non-hydrogen) atoms. The van der Waals surface area contributed by atoms with Gasteiger partial charge in [-0.05, 0) is 132 Å². The Kier molecular flexibility index (Phi) is 5.37. The first-order valence-electron chi connectivity index (χ1n) is 9.28. The van der Waals surface area contributed by atoms with Gasteiger partial charge in [-0.3, -0.25) is 0 Å². The van der Waals surface area contributed by atoms with Gasteiger partial charge in [0.05, 0.1) is 6.54 Å². The van der Waals surface area contributed by atoms with Crippen molar-refractivity contribution in [3.8, 4) is 0 Å². The minimum absolute atomic E-state index is 1.34. The monoisotopic (exact) mass is 336 g/mol. The summed E-state index contributed by atoms with van der Waals surface area (Å²) in [6.45, 7) is 26.9. The first kappa shape index (κ1) is 19.6. The summed E-state index contributed by atoms with van der Waals surface area (Å²) in [6, 6.07) is 0. The fraction of sp³-hybridized carbons (Fsp3) is 0.458. The van der Waals surface area contributed by atoms with Gasteiger partial charge in [0.1, 0.15) is 0 Å². The first-order valence-corrected chi connectivity index (χ1v) is 9.28. The Morgan fingerprint density at radius 3 is 0.800 bits per heavy atom. The molecular formula is C24H34N. The van der Waals surface area contributed by atoms with E-state index < -0.39 is 0 Å². The zero-order chi connectivity index (χ0) is 19.2. The quantitative estimate of drug-likeness (QED) is 0.578. The van der Waals surface area contributed by atoms with Gasteiger partial charge in [0.25, 0.3) is 0 Å². The molecule has 0 unspecified atom stereocenters.